The van der Waals surface area contributed by atoms with Gasteiger partial charge in [-0.2, -0.15) is 14.8 Å². The number of nitrogens with zero attached hydrogens (tertiary/aromatic N) is 7. The van der Waals surface area contributed by atoms with Crippen LogP contribution < -0.4 is 11.2 Å². The van der Waals surface area contributed by atoms with Crippen molar-refractivity contribution in [3.8, 4) is 17.2 Å². The number of aromatic nitrogens is 5. The molecule has 162 valence electrons. The van der Waals surface area contributed by atoms with E-state index < -0.39 is 17.2 Å². The standard InChI is InChI=1S/C20H23N7O4/c1-4-26-18(28)15(22-27(20(26)30)14-7-5-13(2)6-8-14)16-21-17(31-23-16)19(29)25-11-9-24(3)10-12-25/h5-8H,4,9-12H2,1-3H3. The van der Waals surface area contributed by atoms with Crippen LogP contribution in [0.1, 0.15) is 23.2 Å². The molecule has 11 heteroatoms. The van der Waals surface area contributed by atoms with Crippen molar-refractivity contribution in [2.45, 2.75) is 20.4 Å². The Balaban J connectivity index is 1.74. The molecule has 0 unspecified atom stereocenters. The number of hydrogen-bond donors (Lipinski definition) is 0. The Morgan fingerprint density at radius 3 is 2.42 bits per heavy atom. The van der Waals surface area contributed by atoms with E-state index in [1.54, 1.807) is 24.0 Å². The lowest BCUT2D eigenvalue weighted by molar-refractivity contribution is 0.0615. The largest absolute Gasteiger partial charge is 0.352 e. The lowest BCUT2D eigenvalue weighted by Gasteiger charge is -2.31. The van der Waals surface area contributed by atoms with E-state index in [0.29, 0.717) is 18.8 Å². The minimum atomic E-state index is -0.643. The van der Waals surface area contributed by atoms with E-state index in [4.69, 9.17) is 4.52 Å². The van der Waals surface area contributed by atoms with Crippen molar-refractivity contribution in [3.05, 3.63) is 56.6 Å². The predicted octanol–water partition coefficient (Wildman–Crippen LogP) is 0.160. The molecule has 3 heterocycles. The van der Waals surface area contributed by atoms with E-state index in [1.165, 1.54) is 0 Å². The van der Waals surface area contributed by atoms with Crippen molar-refractivity contribution < 1.29 is 9.32 Å². The summed E-state index contributed by atoms with van der Waals surface area (Å²) >= 11 is 0. The van der Waals surface area contributed by atoms with Crippen LogP contribution in [0.2, 0.25) is 0 Å². The maximum Gasteiger partial charge on any atom is 0.352 e. The zero-order valence-electron chi connectivity index (χ0n) is 17.6. The summed E-state index contributed by atoms with van der Waals surface area (Å²) in [7, 11) is 1.99. The van der Waals surface area contributed by atoms with Crippen LogP contribution in [-0.2, 0) is 6.54 Å². The number of rotatable bonds is 4. The second-order valence-corrected chi connectivity index (χ2v) is 7.45. The third kappa shape index (κ3) is 3.91. The molecule has 1 aromatic carbocycles. The molecule has 3 aromatic rings. The molecule has 0 aliphatic carbocycles. The summed E-state index contributed by atoms with van der Waals surface area (Å²) in [5, 5.41) is 8.00. The highest BCUT2D eigenvalue weighted by atomic mass is 16.5. The van der Waals surface area contributed by atoms with E-state index in [1.807, 2.05) is 26.1 Å². The van der Waals surface area contributed by atoms with E-state index in [0.717, 1.165) is 27.9 Å². The van der Waals surface area contributed by atoms with Crippen LogP contribution in [0.3, 0.4) is 0 Å². The molecule has 0 atom stereocenters. The molecule has 1 saturated heterocycles. The van der Waals surface area contributed by atoms with Crippen LogP contribution in [0.25, 0.3) is 17.2 Å². The minimum absolute atomic E-state index is 0.134. The summed E-state index contributed by atoms with van der Waals surface area (Å²) in [6.07, 6.45) is 0. The lowest BCUT2D eigenvalue weighted by Crippen LogP contribution is -2.47. The zero-order valence-corrected chi connectivity index (χ0v) is 17.6. The molecule has 1 amide bonds. The number of piperazine rings is 1. The first-order chi connectivity index (χ1) is 14.9. The Morgan fingerprint density at radius 2 is 1.77 bits per heavy atom. The molecule has 0 spiro atoms. The second kappa shape index (κ2) is 8.26. The van der Waals surface area contributed by atoms with Gasteiger partial charge in [0.2, 0.25) is 5.82 Å². The van der Waals surface area contributed by atoms with Crippen molar-refractivity contribution in [1.29, 1.82) is 0 Å². The van der Waals surface area contributed by atoms with Crippen LogP contribution in [0.4, 0.5) is 0 Å². The van der Waals surface area contributed by atoms with Gasteiger partial charge in [-0.25, -0.2) is 4.79 Å². The smallest absolute Gasteiger partial charge is 0.332 e. The molecule has 31 heavy (non-hydrogen) atoms. The molecule has 4 rings (SSSR count). The highest BCUT2D eigenvalue weighted by molar-refractivity contribution is 5.90. The molecule has 1 aliphatic heterocycles. The third-order valence-electron chi connectivity index (χ3n) is 5.27. The number of carbonyl (C=O) groups excluding carboxylic acids is 1. The maximum atomic E-state index is 12.8. The number of carbonyl (C=O) groups is 1. The molecular weight excluding hydrogens is 402 g/mol. The Kier molecular flexibility index (Phi) is 5.51. The third-order valence-corrected chi connectivity index (χ3v) is 5.27. The van der Waals surface area contributed by atoms with Gasteiger partial charge in [0.05, 0.1) is 5.69 Å². The van der Waals surface area contributed by atoms with Crippen LogP contribution in [-0.4, -0.2) is 73.4 Å². The van der Waals surface area contributed by atoms with Gasteiger partial charge in [-0.15, -0.1) is 0 Å². The Morgan fingerprint density at radius 1 is 1.10 bits per heavy atom. The average Bonchev–Trinajstić information content (AvgIpc) is 3.25. The number of benzene rings is 1. The highest BCUT2D eigenvalue weighted by Crippen LogP contribution is 2.13. The van der Waals surface area contributed by atoms with Gasteiger partial charge in [-0.05, 0) is 33.0 Å². The number of likely N-dealkylation sites (N-methyl/N-ethyl adjacent to an activating group) is 1. The van der Waals surface area contributed by atoms with Gasteiger partial charge in [-0.1, -0.05) is 22.9 Å². The average molecular weight is 425 g/mol. The predicted molar refractivity (Wildman–Crippen MR) is 111 cm³/mol. The van der Waals surface area contributed by atoms with E-state index >= 15 is 0 Å². The Labute approximate surface area is 177 Å². The van der Waals surface area contributed by atoms with Gasteiger partial charge in [-0.3, -0.25) is 14.2 Å². The Hall–Kier alpha value is -3.60. The first kappa shape index (κ1) is 20.7. The van der Waals surface area contributed by atoms with Crippen molar-refractivity contribution >= 4 is 5.91 Å². The van der Waals surface area contributed by atoms with Crippen molar-refractivity contribution in [1.82, 2.24) is 34.3 Å². The molecule has 1 aliphatic rings. The summed E-state index contributed by atoms with van der Waals surface area (Å²) in [6, 6.07) is 7.14. The fraction of sp³-hybridized carbons (Fsp3) is 0.400. The second-order valence-electron chi connectivity index (χ2n) is 7.45. The van der Waals surface area contributed by atoms with Gasteiger partial charge in [0, 0.05) is 32.7 Å². The van der Waals surface area contributed by atoms with E-state index in [-0.39, 0.29) is 24.0 Å². The first-order valence-electron chi connectivity index (χ1n) is 10.0. The minimum Gasteiger partial charge on any atom is -0.332 e. The number of aryl methyl sites for hydroxylation is 1. The summed E-state index contributed by atoms with van der Waals surface area (Å²) < 4.78 is 7.30. The van der Waals surface area contributed by atoms with Gasteiger partial charge in [0.1, 0.15) is 0 Å². The Bertz CT molecular complexity index is 1220. The highest BCUT2D eigenvalue weighted by Gasteiger charge is 2.27. The molecule has 0 N–H and O–H groups in total. The van der Waals surface area contributed by atoms with Gasteiger partial charge in [0.25, 0.3) is 5.56 Å². The molecule has 0 saturated carbocycles. The maximum absolute atomic E-state index is 12.8. The SMILES string of the molecule is CCn1c(=O)c(-c2noc(C(=O)N3CCN(C)CC3)n2)nn(-c2ccc(C)cc2)c1=O. The summed E-state index contributed by atoms with van der Waals surface area (Å²) in [5.74, 6) is -0.739. The fourth-order valence-corrected chi connectivity index (χ4v) is 3.34. The molecule has 11 nitrogen and oxygen atoms in total. The monoisotopic (exact) mass is 425 g/mol. The molecule has 2 aromatic heterocycles. The lowest BCUT2D eigenvalue weighted by atomic mass is 10.2. The molecule has 0 radical (unpaired) electrons. The fourth-order valence-electron chi connectivity index (χ4n) is 3.34. The van der Waals surface area contributed by atoms with Crippen LogP contribution in [0, 0.1) is 6.92 Å². The normalized spacial score (nSPS) is 14.7. The van der Waals surface area contributed by atoms with E-state index in [2.05, 4.69) is 20.1 Å². The molecular formula is C20H23N7O4. The van der Waals surface area contributed by atoms with Crippen LogP contribution >= 0.6 is 0 Å². The summed E-state index contributed by atoms with van der Waals surface area (Å²) in [5.41, 5.74) is 0.137. The summed E-state index contributed by atoms with van der Waals surface area (Å²) in [4.78, 5) is 46.2. The van der Waals surface area contributed by atoms with Crippen LogP contribution in [0.15, 0.2) is 38.4 Å². The number of amides is 1. The quantitative estimate of drug-likeness (QED) is 0.580. The zero-order chi connectivity index (χ0) is 22.1. The van der Waals surface area contributed by atoms with Crippen molar-refractivity contribution in [2.75, 3.05) is 33.2 Å². The number of hydrogen-bond acceptors (Lipinski definition) is 8. The molecule has 1 fully saturated rings. The topological polar surface area (TPSA) is 119 Å². The summed E-state index contributed by atoms with van der Waals surface area (Å²) in [6.45, 7) is 6.34. The first-order valence-corrected chi connectivity index (χ1v) is 10.0. The van der Waals surface area contributed by atoms with E-state index in [9.17, 15) is 14.4 Å². The van der Waals surface area contributed by atoms with Gasteiger partial charge in [0.15, 0.2) is 5.69 Å². The van der Waals surface area contributed by atoms with Crippen molar-refractivity contribution in [3.63, 3.8) is 0 Å². The van der Waals surface area contributed by atoms with Crippen molar-refractivity contribution in [2.24, 2.45) is 0 Å². The van der Waals surface area contributed by atoms with Gasteiger partial charge >= 0.3 is 17.5 Å². The van der Waals surface area contributed by atoms with Gasteiger partial charge < -0.3 is 14.3 Å². The molecule has 0 bridgehead atoms. The van der Waals surface area contributed by atoms with Crippen LogP contribution in [0.5, 0.6) is 0 Å².